The third-order valence-corrected chi connectivity index (χ3v) is 3.62. The second-order valence-electron chi connectivity index (χ2n) is 4.73. The number of fused-ring (bicyclic) bond motifs is 1. The molecule has 1 saturated carbocycles. The minimum Gasteiger partial charge on any atom is -0.0616 e. The van der Waals surface area contributed by atoms with Crippen LogP contribution in [0, 0.1) is 13.8 Å². The van der Waals surface area contributed by atoms with E-state index in [4.69, 9.17) is 0 Å². The van der Waals surface area contributed by atoms with Crippen molar-refractivity contribution in [3.05, 3.63) is 47.0 Å². The summed E-state index contributed by atoms with van der Waals surface area (Å²) in [5, 5.41) is 2.92. The monoisotopic (exact) mass is 196 g/mol. The van der Waals surface area contributed by atoms with Gasteiger partial charge in [0.2, 0.25) is 0 Å². The van der Waals surface area contributed by atoms with Gasteiger partial charge in [-0.15, -0.1) is 0 Å². The topological polar surface area (TPSA) is 0 Å². The van der Waals surface area contributed by atoms with Crippen molar-refractivity contribution in [2.24, 2.45) is 0 Å². The van der Waals surface area contributed by atoms with E-state index in [1.807, 2.05) is 0 Å². The van der Waals surface area contributed by atoms with E-state index in [1.165, 1.54) is 34.7 Å². The molecule has 0 unspecified atom stereocenters. The fraction of sp³-hybridized carbons (Fsp3) is 0.333. The highest BCUT2D eigenvalue weighted by molar-refractivity contribution is 5.90. The average molecular weight is 196 g/mol. The quantitative estimate of drug-likeness (QED) is 0.636. The van der Waals surface area contributed by atoms with Crippen molar-refractivity contribution < 1.29 is 0 Å². The van der Waals surface area contributed by atoms with Crippen LogP contribution >= 0.6 is 0 Å². The summed E-state index contributed by atoms with van der Waals surface area (Å²) in [4.78, 5) is 0. The average Bonchev–Trinajstić information content (AvgIpc) is 3.07. The summed E-state index contributed by atoms with van der Waals surface area (Å²) >= 11 is 0. The molecular formula is C15H16. The van der Waals surface area contributed by atoms with Crippen molar-refractivity contribution in [2.75, 3.05) is 0 Å². The summed E-state index contributed by atoms with van der Waals surface area (Å²) in [5.41, 5.74) is 4.46. The highest BCUT2D eigenvalue weighted by Crippen LogP contribution is 2.44. The second-order valence-corrected chi connectivity index (χ2v) is 4.73. The van der Waals surface area contributed by atoms with Crippen LogP contribution in [0.1, 0.15) is 35.4 Å². The molecule has 0 radical (unpaired) electrons. The maximum atomic E-state index is 2.40. The lowest BCUT2D eigenvalue weighted by atomic mass is 9.94. The molecule has 1 aliphatic carbocycles. The summed E-state index contributed by atoms with van der Waals surface area (Å²) in [5.74, 6) is 0.842. The number of hydrogen-bond acceptors (Lipinski definition) is 0. The zero-order chi connectivity index (χ0) is 10.4. The van der Waals surface area contributed by atoms with Gasteiger partial charge in [0.1, 0.15) is 0 Å². The normalized spacial score (nSPS) is 15.9. The molecule has 0 spiro atoms. The molecule has 2 aromatic carbocycles. The van der Waals surface area contributed by atoms with Gasteiger partial charge in [-0.25, -0.2) is 0 Å². The highest BCUT2D eigenvalue weighted by atomic mass is 14.3. The first kappa shape index (κ1) is 8.96. The molecule has 0 saturated heterocycles. The number of benzene rings is 2. The first-order chi connectivity index (χ1) is 7.27. The highest BCUT2D eigenvalue weighted by Gasteiger charge is 2.25. The van der Waals surface area contributed by atoms with Crippen LogP contribution in [0.5, 0.6) is 0 Å². The Morgan fingerprint density at radius 2 is 1.67 bits per heavy atom. The Hall–Kier alpha value is -1.30. The summed E-state index contributed by atoms with van der Waals surface area (Å²) in [6.07, 6.45) is 2.76. The Morgan fingerprint density at radius 1 is 1.00 bits per heavy atom. The van der Waals surface area contributed by atoms with E-state index in [2.05, 4.69) is 44.2 Å². The van der Waals surface area contributed by atoms with Crippen molar-refractivity contribution in [2.45, 2.75) is 32.6 Å². The van der Waals surface area contributed by atoms with Gasteiger partial charge in [-0.05, 0) is 60.1 Å². The molecule has 0 amide bonds. The van der Waals surface area contributed by atoms with E-state index < -0.39 is 0 Å². The van der Waals surface area contributed by atoms with E-state index >= 15 is 0 Å². The summed E-state index contributed by atoms with van der Waals surface area (Å²) < 4.78 is 0. The Balaban J connectivity index is 2.39. The van der Waals surface area contributed by atoms with Crippen LogP contribution in [-0.2, 0) is 0 Å². The Kier molecular flexibility index (Phi) is 1.85. The predicted molar refractivity (Wildman–Crippen MR) is 65.4 cm³/mol. The van der Waals surface area contributed by atoms with Gasteiger partial charge < -0.3 is 0 Å². The molecule has 15 heavy (non-hydrogen) atoms. The van der Waals surface area contributed by atoms with E-state index in [9.17, 15) is 0 Å². The van der Waals surface area contributed by atoms with Gasteiger partial charge in [0.25, 0.3) is 0 Å². The van der Waals surface area contributed by atoms with Gasteiger partial charge in [0.15, 0.2) is 0 Å². The van der Waals surface area contributed by atoms with Crippen molar-refractivity contribution in [3.8, 4) is 0 Å². The van der Waals surface area contributed by atoms with E-state index in [-0.39, 0.29) is 0 Å². The molecule has 1 fully saturated rings. The van der Waals surface area contributed by atoms with E-state index in [0.29, 0.717) is 0 Å². The van der Waals surface area contributed by atoms with Crippen LogP contribution in [0.3, 0.4) is 0 Å². The van der Waals surface area contributed by atoms with Gasteiger partial charge in [0.05, 0.1) is 0 Å². The number of aryl methyl sites for hydroxylation is 2. The molecule has 0 atom stereocenters. The Bertz CT molecular complexity index is 519. The molecule has 76 valence electrons. The first-order valence-corrected chi connectivity index (χ1v) is 5.76. The Morgan fingerprint density at radius 3 is 2.33 bits per heavy atom. The van der Waals surface area contributed by atoms with Crippen molar-refractivity contribution in [1.82, 2.24) is 0 Å². The summed E-state index contributed by atoms with van der Waals surface area (Å²) in [7, 11) is 0. The second kappa shape index (κ2) is 3.10. The molecular weight excluding hydrogens is 180 g/mol. The zero-order valence-electron chi connectivity index (χ0n) is 9.38. The SMILES string of the molecule is Cc1cc(C2CC2)c2ccccc2c1C. The molecule has 0 bridgehead atoms. The maximum Gasteiger partial charge on any atom is -0.0146 e. The Labute approximate surface area is 90.9 Å². The van der Waals surface area contributed by atoms with Gasteiger partial charge >= 0.3 is 0 Å². The smallest absolute Gasteiger partial charge is 0.0146 e. The lowest BCUT2D eigenvalue weighted by Crippen LogP contribution is -1.90. The summed E-state index contributed by atoms with van der Waals surface area (Å²) in [6, 6.07) is 11.2. The maximum absolute atomic E-state index is 2.40. The van der Waals surface area contributed by atoms with Crippen LogP contribution < -0.4 is 0 Å². The van der Waals surface area contributed by atoms with Gasteiger partial charge in [-0.2, -0.15) is 0 Å². The molecule has 0 heteroatoms. The molecule has 1 aliphatic rings. The predicted octanol–water partition coefficient (Wildman–Crippen LogP) is 4.33. The fourth-order valence-corrected chi connectivity index (χ4v) is 2.43. The molecule has 0 N–H and O–H groups in total. The van der Waals surface area contributed by atoms with E-state index in [1.54, 1.807) is 5.56 Å². The number of rotatable bonds is 1. The van der Waals surface area contributed by atoms with Crippen molar-refractivity contribution in [1.29, 1.82) is 0 Å². The van der Waals surface area contributed by atoms with Crippen LogP contribution in [0.2, 0.25) is 0 Å². The van der Waals surface area contributed by atoms with Crippen molar-refractivity contribution in [3.63, 3.8) is 0 Å². The summed E-state index contributed by atoms with van der Waals surface area (Å²) in [6.45, 7) is 4.46. The molecule has 2 aromatic rings. The van der Waals surface area contributed by atoms with Crippen LogP contribution in [-0.4, -0.2) is 0 Å². The van der Waals surface area contributed by atoms with Crippen LogP contribution in [0.15, 0.2) is 30.3 Å². The minimum absolute atomic E-state index is 0.842. The van der Waals surface area contributed by atoms with Gasteiger partial charge in [0, 0.05) is 0 Å². The molecule has 0 nitrogen and oxygen atoms in total. The fourth-order valence-electron chi connectivity index (χ4n) is 2.43. The minimum atomic E-state index is 0.842. The zero-order valence-corrected chi connectivity index (χ0v) is 9.38. The van der Waals surface area contributed by atoms with Crippen LogP contribution in [0.4, 0.5) is 0 Å². The lowest BCUT2D eigenvalue weighted by Gasteiger charge is -2.11. The van der Waals surface area contributed by atoms with Crippen LogP contribution in [0.25, 0.3) is 10.8 Å². The third kappa shape index (κ3) is 1.36. The first-order valence-electron chi connectivity index (χ1n) is 5.76. The molecule has 0 heterocycles. The van der Waals surface area contributed by atoms with Gasteiger partial charge in [-0.1, -0.05) is 30.3 Å². The lowest BCUT2D eigenvalue weighted by molar-refractivity contribution is 1.14. The molecule has 0 aliphatic heterocycles. The third-order valence-electron chi connectivity index (χ3n) is 3.62. The molecule has 0 aromatic heterocycles. The molecule has 3 rings (SSSR count). The van der Waals surface area contributed by atoms with Crippen molar-refractivity contribution >= 4 is 10.8 Å². The van der Waals surface area contributed by atoms with E-state index in [0.717, 1.165) is 5.92 Å². The number of hydrogen-bond donors (Lipinski definition) is 0. The van der Waals surface area contributed by atoms with Gasteiger partial charge in [-0.3, -0.25) is 0 Å². The standard InChI is InChI=1S/C15H16/c1-10-9-15(12-7-8-12)14-6-4-3-5-13(14)11(10)2/h3-6,9,12H,7-8H2,1-2H3. The largest absolute Gasteiger partial charge is 0.0616 e.